The van der Waals surface area contributed by atoms with Gasteiger partial charge in [-0.2, -0.15) is 0 Å². The standard InChI is InChI=1S/C14H26N4/c1-4-8-18-12-16-10-13(18)9-15-11-14(17(2)3)6-5-7-14/h10,12,15H,4-9,11H2,1-3H3. The number of likely N-dealkylation sites (N-methyl/N-ethyl adjacent to an activating group) is 1. The molecule has 1 aliphatic carbocycles. The molecule has 0 amide bonds. The van der Waals surface area contributed by atoms with Crippen LogP contribution in [0.5, 0.6) is 0 Å². The highest BCUT2D eigenvalue weighted by Crippen LogP contribution is 2.35. The predicted molar refractivity (Wildman–Crippen MR) is 74.5 cm³/mol. The van der Waals surface area contributed by atoms with Crippen LogP contribution in [0.2, 0.25) is 0 Å². The third kappa shape index (κ3) is 2.75. The Kier molecular flexibility index (Phi) is 4.40. The minimum Gasteiger partial charge on any atom is -0.333 e. The van der Waals surface area contributed by atoms with E-state index in [1.165, 1.54) is 25.0 Å². The molecule has 0 saturated heterocycles. The second kappa shape index (κ2) is 5.85. The van der Waals surface area contributed by atoms with Gasteiger partial charge in [-0.1, -0.05) is 6.92 Å². The van der Waals surface area contributed by atoms with Crippen LogP contribution >= 0.6 is 0 Å². The molecule has 0 atom stereocenters. The van der Waals surface area contributed by atoms with E-state index >= 15 is 0 Å². The van der Waals surface area contributed by atoms with Gasteiger partial charge in [0.2, 0.25) is 0 Å². The maximum absolute atomic E-state index is 4.24. The van der Waals surface area contributed by atoms with Crippen molar-refractivity contribution in [1.29, 1.82) is 0 Å². The number of nitrogens with one attached hydrogen (secondary N) is 1. The fraction of sp³-hybridized carbons (Fsp3) is 0.786. The van der Waals surface area contributed by atoms with Crippen molar-refractivity contribution in [3.8, 4) is 0 Å². The third-order valence-electron chi connectivity index (χ3n) is 4.26. The van der Waals surface area contributed by atoms with Gasteiger partial charge in [0.1, 0.15) is 0 Å². The zero-order chi connectivity index (χ0) is 13.0. The summed E-state index contributed by atoms with van der Waals surface area (Å²) < 4.78 is 2.25. The quantitative estimate of drug-likeness (QED) is 0.802. The molecule has 0 bridgehead atoms. The average Bonchev–Trinajstić information content (AvgIpc) is 2.70. The molecule has 4 heteroatoms. The summed E-state index contributed by atoms with van der Waals surface area (Å²) in [6, 6.07) is 0. The predicted octanol–water partition coefficient (Wildman–Crippen LogP) is 1.87. The first-order chi connectivity index (χ1) is 8.68. The molecular formula is C14H26N4. The Morgan fingerprint density at radius 3 is 2.78 bits per heavy atom. The molecule has 0 spiro atoms. The summed E-state index contributed by atoms with van der Waals surface area (Å²) in [5.74, 6) is 0. The van der Waals surface area contributed by atoms with Gasteiger partial charge in [-0.3, -0.25) is 0 Å². The maximum atomic E-state index is 4.24. The molecule has 18 heavy (non-hydrogen) atoms. The van der Waals surface area contributed by atoms with Crippen LogP contribution in [0.1, 0.15) is 38.3 Å². The van der Waals surface area contributed by atoms with Gasteiger partial charge in [0.05, 0.1) is 12.0 Å². The molecule has 1 N–H and O–H groups in total. The number of hydrogen-bond acceptors (Lipinski definition) is 3. The topological polar surface area (TPSA) is 33.1 Å². The fourth-order valence-corrected chi connectivity index (χ4v) is 2.73. The van der Waals surface area contributed by atoms with Crippen LogP contribution < -0.4 is 5.32 Å². The molecule has 1 fully saturated rings. The fourth-order valence-electron chi connectivity index (χ4n) is 2.73. The molecule has 0 aliphatic heterocycles. The van der Waals surface area contributed by atoms with E-state index in [0.717, 1.165) is 26.1 Å². The summed E-state index contributed by atoms with van der Waals surface area (Å²) in [7, 11) is 4.39. The van der Waals surface area contributed by atoms with Crippen molar-refractivity contribution in [2.24, 2.45) is 0 Å². The number of nitrogens with zero attached hydrogens (tertiary/aromatic N) is 3. The van der Waals surface area contributed by atoms with Crippen LogP contribution in [-0.4, -0.2) is 40.6 Å². The first kappa shape index (κ1) is 13.6. The highest BCUT2D eigenvalue weighted by Gasteiger charge is 2.38. The van der Waals surface area contributed by atoms with Crippen molar-refractivity contribution in [2.75, 3.05) is 20.6 Å². The lowest BCUT2D eigenvalue weighted by Gasteiger charge is -2.47. The molecule has 0 aromatic carbocycles. The molecule has 1 aromatic rings. The second-order valence-corrected chi connectivity index (χ2v) is 5.65. The molecule has 1 heterocycles. The van der Waals surface area contributed by atoms with E-state index in [2.05, 4.69) is 40.8 Å². The molecule has 0 unspecified atom stereocenters. The van der Waals surface area contributed by atoms with Gasteiger partial charge >= 0.3 is 0 Å². The van der Waals surface area contributed by atoms with E-state index in [0.29, 0.717) is 5.54 Å². The van der Waals surface area contributed by atoms with Crippen molar-refractivity contribution in [2.45, 2.75) is 51.2 Å². The van der Waals surface area contributed by atoms with Crippen LogP contribution in [0, 0.1) is 0 Å². The van der Waals surface area contributed by atoms with E-state index < -0.39 is 0 Å². The highest BCUT2D eigenvalue weighted by molar-refractivity contribution is 5.01. The zero-order valence-electron chi connectivity index (χ0n) is 11.9. The van der Waals surface area contributed by atoms with E-state index in [-0.39, 0.29) is 0 Å². The van der Waals surface area contributed by atoms with Crippen LogP contribution in [0.25, 0.3) is 0 Å². The smallest absolute Gasteiger partial charge is 0.0948 e. The van der Waals surface area contributed by atoms with Crippen molar-refractivity contribution >= 4 is 0 Å². The summed E-state index contributed by atoms with van der Waals surface area (Å²) in [4.78, 5) is 6.62. The molecule has 102 valence electrons. The van der Waals surface area contributed by atoms with Crippen LogP contribution in [0.15, 0.2) is 12.5 Å². The van der Waals surface area contributed by atoms with Gasteiger partial charge in [-0.25, -0.2) is 4.98 Å². The van der Waals surface area contributed by atoms with Crippen molar-refractivity contribution in [3.63, 3.8) is 0 Å². The molecule has 0 radical (unpaired) electrons. The number of imidazole rings is 1. The summed E-state index contributed by atoms with van der Waals surface area (Å²) >= 11 is 0. The largest absolute Gasteiger partial charge is 0.333 e. The molecule has 1 aliphatic rings. The first-order valence-electron chi connectivity index (χ1n) is 7.05. The number of aromatic nitrogens is 2. The first-order valence-corrected chi connectivity index (χ1v) is 7.05. The third-order valence-corrected chi connectivity index (χ3v) is 4.26. The average molecular weight is 250 g/mol. The lowest BCUT2D eigenvalue weighted by atomic mass is 9.75. The van der Waals surface area contributed by atoms with Crippen LogP contribution in [0.3, 0.4) is 0 Å². The van der Waals surface area contributed by atoms with E-state index in [1.54, 1.807) is 0 Å². The molecule has 1 aromatic heterocycles. The van der Waals surface area contributed by atoms with Crippen molar-refractivity contribution in [1.82, 2.24) is 19.8 Å². The zero-order valence-corrected chi connectivity index (χ0v) is 11.9. The summed E-state index contributed by atoms with van der Waals surface area (Å²) in [5, 5.41) is 3.61. The second-order valence-electron chi connectivity index (χ2n) is 5.65. The lowest BCUT2D eigenvalue weighted by Crippen LogP contribution is -2.56. The van der Waals surface area contributed by atoms with Gasteiger partial charge < -0.3 is 14.8 Å². The normalized spacial score (nSPS) is 18.0. The van der Waals surface area contributed by atoms with Gasteiger partial charge in [0, 0.05) is 31.4 Å². The van der Waals surface area contributed by atoms with Crippen molar-refractivity contribution in [3.05, 3.63) is 18.2 Å². The lowest BCUT2D eigenvalue weighted by molar-refractivity contribution is 0.0596. The monoisotopic (exact) mass is 250 g/mol. The molecular weight excluding hydrogens is 224 g/mol. The van der Waals surface area contributed by atoms with E-state index in [4.69, 9.17) is 0 Å². The van der Waals surface area contributed by atoms with Gasteiger partial charge in [0.15, 0.2) is 0 Å². The van der Waals surface area contributed by atoms with Gasteiger partial charge in [-0.15, -0.1) is 0 Å². The SMILES string of the molecule is CCCn1cncc1CNCC1(N(C)C)CCC1. The van der Waals surface area contributed by atoms with Gasteiger partial charge in [-0.05, 0) is 39.8 Å². The molecule has 4 nitrogen and oxygen atoms in total. The Balaban J connectivity index is 1.82. The Morgan fingerprint density at radius 1 is 1.44 bits per heavy atom. The molecule has 2 rings (SSSR count). The summed E-state index contributed by atoms with van der Waals surface area (Å²) in [5.41, 5.74) is 1.69. The van der Waals surface area contributed by atoms with E-state index in [1.807, 2.05) is 12.5 Å². The number of aryl methyl sites for hydroxylation is 1. The molecule has 1 saturated carbocycles. The Hall–Kier alpha value is -0.870. The minimum atomic E-state index is 0.398. The summed E-state index contributed by atoms with van der Waals surface area (Å²) in [6.45, 7) is 5.27. The van der Waals surface area contributed by atoms with Gasteiger partial charge in [0.25, 0.3) is 0 Å². The Morgan fingerprint density at radius 2 is 2.22 bits per heavy atom. The number of rotatable bonds is 7. The highest BCUT2D eigenvalue weighted by atomic mass is 15.2. The van der Waals surface area contributed by atoms with Crippen LogP contribution in [0.4, 0.5) is 0 Å². The van der Waals surface area contributed by atoms with E-state index in [9.17, 15) is 0 Å². The Bertz CT molecular complexity index is 366. The Labute approximate surface area is 110 Å². The minimum absolute atomic E-state index is 0.398. The number of hydrogen-bond donors (Lipinski definition) is 1. The van der Waals surface area contributed by atoms with Crippen molar-refractivity contribution < 1.29 is 0 Å². The summed E-state index contributed by atoms with van der Waals surface area (Å²) in [6.07, 6.45) is 9.08. The van der Waals surface area contributed by atoms with Crippen LogP contribution in [-0.2, 0) is 13.1 Å². The maximum Gasteiger partial charge on any atom is 0.0948 e.